The number of halogens is 2. The lowest BCUT2D eigenvalue weighted by Crippen LogP contribution is -2.58. The summed E-state index contributed by atoms with van der Waals surface area (Å²) in [6.45, 7) is 5.79. The Morgan fingerprint density at radius 3 is 2.83 bits per heavy atom. The molecule has 0 bridgehead atoms. The number of rotatable bonds is 2. The summed E-state index contributed by atoms with van der Waals surface area (Å²) in [6, 6.07) is 6.45. The van der Waals surface area contributed by atoms with Gasteiger partial charge in [-0.1, -0.05) is 23.4 Å². The van der Waals surface area contributed by atoms with Crippen molar-refractivity contribution in [2.45, 2.75) is 30.3 Å². The van der Waals surface area contributed by atoms with Crippen molar-refractivity contribution in [2.75, 3.05) is 36.5 Å². The van der Waals surface area contributed by atoms with Crippen molar-refractivity contribution < 1.29 is 9.18 Å². The smallest absolute Gasteiger partial charge is 0.320 e. The van der Waals surface area contributed by atoms with Gasteiger partial charge in [0, 0.05) is 37.6 Å². The number of nitrogens with zero attached hydrogens (tertiary/aromatic N) is 5. The fourth-order valence-electron chi connectivity index (χ4n) is 3.59. The number of fused-ring (bicyclic) bond motifs is 1. The first-order valence-electron chi connectivity index (χ1n) is 9.34. The number of hydrogen-bond acceptors (Lipinski definition) is 6. The number of nitrogens with one attached hydrogen (secondary N) is 1. The minimum atomic E-state index is -0.276. The molecule has 4 rings (SSSR count). The quantitative estimate of drug-likeness (QED) is 0.779. The first-order chi connectivity index (χ1) is 13.8. The van der Waals surface area contributed by atoms with E-state index in [0.29, 0.717) is 24.8 Å². The van der Waals surface area contributed by atoms with Gasteiger partial charge in [-0.2, -0.15) is 0 Å². The van der Waals surface area contributed by atoms with Crippen molar-refractivity contribution in [1.82, 2.24) is 20.4 Å². The number of amides is 2. The summed E-state index contributed by atoms with van der Waals surface area (Å²) in [4.78, 5) is 19.6. The number of carbonyl (C=O) groups is 1. The second-order valence-corrected chi connectivity index (χ2v) is 8.79. The van der Waals surface area contributed by atoms with Gasteiger partial charge in [0.05, 0.1) is 5.69 Å². The zero-order valence-corrected chi connectivity index (χ0v) is 18.0. The number of thioether (sulfide) groups is 1. The zero-order valence-electron chi connectivity index (χ0n) is 16.4. The third kappa shape index (κ3) is 3.93. The number of carbonyl (C=O) groups excluding carboxylic acids is 1. The van der Waals surface area contributed by atoms with Crippen LogP contribution in [0.3, 0.4) is 0 Å². The molecule has 2 amide bonds. The van der Waals surface area contributed by atoms with Crippen molar-refractivity contribution in [3.8, 4) is 0 Å². The number of aryl methyl sites for hydroxylation is 1. The van der Waals surface area contributed by atoms with Crippen LogP contribution in [0.1, 0.15) is 12.5 Å². The van der Waals surface area contributed by atoms with Crippen LogP contribution in [0.15, 0.2) is 29.2 Å². The molecule has 0 radical (unpaired) electrons. The molecule has 2 unspecified atom stereocenters. The Balaban J connectivity index is 1.39. The Morgan fingerprint density at radius 2 is 2.10 bits per heavy atom. The SMILES string of the molecule is Cc1cc(N2CCN(C(=O)NC3Sc4cc(F)ccc4N3C)C(C)C2)nnc1Cl. The lowest BCUT2D eigenvalue weighted by molar-refractivity contribution is 0.170. The van der Waals surface area contributed by atoms with Crippen LogP contribution in [0.25, 0.3) is 0 Å². The summed E-state index contributed by atoms with van der Waals surface area (Å²) < 4.78 is 13.5. The van der Waals surface area contributed by atoms with Gasteiger partial charge in [-0.15, -0.1) is 10.2 Å². The molecule has 2 aliphatic rings. The zero-order chi connectivity index (χ0) is 20.7. The predicted molar refractivity (Wildman–Crippen MR) is 113 cm³/mol. The molecule has 7 nitrogen and oxygen atoms in total. The molecule has 3 heterocycles. The fourth-order valence-corrected chi connectivity index (χ4v) is 4.87. The van der Waals surface area contributed by atoms with Gasteiger partial charge in [0.2, 0.25) is 0 Å². The molecule has 154 valence electrons. The normalized spacial score (nSPS) is 21.3. The molecule has 0 saturated carbocycles. The van der Waals surface area contributed by atoms with Crippen molar-refractivity contribution in [3.05, 3.63) is 40.8 Å². The molecule has 29 heavy (non-hydrogen) atoms. The molecular formula is C19H22ClFN6OS. The number of aromatic nitrogens is 2. The summed E-state index contributed by atoms with van der Waals surface area (Å²) >= 11 is 7.41. The Hall–Kier alpha value is -2.26. The predicted octanol–water partition coefficient (Wildman–Crippen LogP) is 3.32. The monoisotopic (exact) mass is 436 g/mol. The van der Waals surface area contributed by atoms with E-state index < -0.39 is 0 Å². The molecule has 2 aliphatic heterocycles. The topological polar surface area (TPSA) is 64.6 Å². The van der Waals surface area contributed by atoms with Crippen LogP contribution in [-0.4, -0.2) is 59.3 Å². The average molecular weight is 437 g/mol. The molecule has 10 heteroatoms. The van der Waals surface area contributed by atoms with Crippen LogP contribution >= 0.6 is 23.4 Å². The summed E-state index contributed by atoms with van der Waals surface area (Å²) in [7, 11) is 1.89. The second-order valence-electron chi connectivity index (χ2n) is 7.31. The summed E-state index contributed by atoms with van der Waals surface area (Å²) in [6.07, 6.45) is 0. The van der Waals surface area contributed by atoms with E-state index in [0.717, 1.165) is 22.0 Å². The van der Waals surface area contributed by atoms with E-state index in [4.69, 9.17) is 11.6 Å². The van der Waals surface area contributed by atoms with Gasteiger partial charge in [-0.25, -0.2) is 9.18 Å². The standard InChI is InChI=1S/C19H22ClFN6OS/c1-11-8-16(23-24-17(11)20)26-6-7-27(12(2)10-26)18(28)22-19-25(3)14-5-4-13(21)9-15(14)29-19/h4-5,8-9,12,19H,6-7,10H2,1-3H3,(H,22,28). The third-order valence-corrected chi connectivity index (χ3v) is 6.87. The lowest BCUT2D eigenvalue weighted by atomic mass is 10.2. The third-order valence-electron chi connectivity index (χ3n) is 5.26. The minimum absolute atomic E-state index is 0.00179. The van der Waals surface area contributed by atoms with Crippen LogP contribution in [0.4, 0.5) is 20.7 Å². The van der Waals surface area contributed by atoms with Crippen molar-refractivity contribution >= 4 is 40.9 Å². The Kier molecular flexibility index (Phi) is 5.44. The van der Waals surface area contributed by atoms with Crippen LogP contribution in [-0.2, 0) is 0 Å². The van der Waals surface area contributed by atoms with E-state index >= 15 is 0 Å². The van der Waals surface area contributed by atoms with Crippen molar-refractivity contribution in [3.63, 3.8) is 0 Å². The van der Waals surface area contributed by atoms with Gasteiger partial charge in [-0.05, 0) is 43.7 Å². The molecule has 1 saturated heterocycles. The Labute approximate surface area is 178 Å². The first kappa shape index (κ1) is 20.0. The van der Waals surface area contributed by atoms with E-state index in [1.54, 1.807) is 6.07 Å². The number of benzene rings is 1. The van der Waals surface area contributed by atoms with E-state index in [2.05, 4.69) is 20.4 Å². The highest BCUT2D eigenvalue weighted by Gasteiger charge is 2.33. The maximum Gasteiger partial charge on any atom is 0.320 e. The molecule has 1 aromatic carbocycles. The van der Waals surface area contributed by atoms with E-state index in [-0.39, 0.29) is 23.4 Å². The molecule has 0 spiro atoms. The molecule has 0 aliphatic carbocycles. The largest absolute Gasteiger partial charge is 0.351 e. The highest BCUT2D eigenvalue weighted by atomic mass is 35.5. The van der Waals surface area contributed by atoms with Crippen molar-refractivity contribution in [2.24, 2.45) is 0 Å². The molecule has 2 atom stereocenters. The fraction of sp³-hybridized carbons (Fsp3) is 0.421. The number of urea groups is 1. The van der Waals surface area contributed by atoms with Gasteiger partial charge >= 0.3 is 6.03 Å². The van der Waals surface area contributed by atoms with Gasteiger partial charge in [0.1, 0.15) is 5.82 Å². The molecular weight excluding hydrogens is 415 g/mol. The van der Waals surface area contributed by atoms with Gasteiger partial charge in [-0.3, -0.25) is 0 Å². The maximum absolute atomic E-state index is 13.5. The summed E-state index contributed by atoms with van der Waals surface area (Å²) in [5.74, 6) is 0.490. The van der Waals surface area contributed by atoms with Gasteiger partial charge in [0.15, 0.2) is 16.5 Å². The lowest BCUT2D eigenvalue weighted by Gasteiger charge is -2.40. The summed E-state index contributed by atoms with van der Waals surface area (Å²) in [5.41, 5.74) is 1.52. The van der Waals surface area contributed by atoms with Gasteiger partial charge in [0.25, 0.3) is 0 Å². The first-order valence-corrected chi connectivity index (χ1v) is 10.6. The van der Waals surface area contributed by atoms with Crippen LogP contribution in [0.5, 0.6) is 0 Å². The van der Waals surface area contributed by atoms with Crippen LogP contribution < -0.4 is 15.1 Å². The molecule has 1 N–H and O–H groups in total. The van der Waals surface area contributed by atoms with Crippen LogP contribution in [0, 0.1) is 12.7 Å². The number of piperazine rings is 1. The highest BCUT2D eigenvalue weighted by Crippen LogP contribution is 2.41. The van der Waals surface area contributed by atoms with Gasteiger partial charge < -0.3 is 20.0 Å². The van der Waals surface area contributed by atoms with E-state index in [1.165, 1.54) is 23.9 Å². The Morgan fingerprint density at radius 1 is 1.31 bits per heavy atom. The van der Waals surface area contributed by atoms with E-state index in [9.17, 15) is 9.18 Å². The maximum atomic E-state index is 13.5. The highest BCUT2D eigenvalue weighted by molar-refractivity contribution is 8.00. The number of hydrogen-bond donors (Lipinski definition) is 1. The molecule has 2 aromatic rings. The van der Waals surface area contributed by atoms with Crippen LogP contribution in [0.2, 0.25) is 5.15 Å². The van der Waals surface area contributed by atoms with Crippen molar-refractivity contribution in [1.29, 1.82) is 0 Å². The molecule has 1 fully saturated rings. The minimum Gasteiger partial charge on any atom is -0.351 e. The summed E-state index contributed by atoms with van der Waals surface area (Å²) in [5, 5.41) is 11.6. The van der Waals surface area contributed by atoms with E-state index in [1.807, 2.05) is 36.8 Å². The second kappa shape index (κ2) is 7.87. The number of anilines is 2. The average Bonchev–Trinajstić information content (AvgIpc) is 2.98. The molecule has 1 aromatic heterocycles. The Bertz CT molecular complexity index is 947.